The molecular formula is C30H33N3O6. The third-order valence-electron chi connectivity index (χ3n) is 6.90. The summed E-state index contributed by atoms with van der Waals surface area (Å²) in [5.74, 6) is 0.400. The van der Waals surface area contributed by atoms with Crippen LogP contribution in [0.25, 0.3) is 0 Å². The molecule has 0 aromatic heterocycles. The van der Waals surface area contributed by atoms with Crippen molar-refractivity contribution in [1.82, 2.24) is 10.2 Å². The molecule has 0 spiro atoms. The lowest BCUT2D eigenvalue weighted by molar-refractivity contribution is -0.133. The first-order valence-corrected chi connectivity index (χ1v) is 12.7. The Morgan fingerprint density at radius 3 is 2.13 bits per heavy atom. The molecule has 1 aliphatic heterocycles. The van der Waals surface area contributed by atoms with E-state index in [4.69, 9.17) is 14.2 Å². The Morgan fingerprint density at radius 2 is 1.51 bits per heavy atom. The van der Waals surface area contributed by atoms with Crippen LogP contribution in [-0.2, 0) is 20.9 Å². The SMILES string of the molecule is COc1ccc(NC(=O)[C@@H](NC(=O)[C@]2(C)CCCN2C(=O)OCc2ccccc2)c2ccc(OC)cc2)cc1. The Kier molecular flexibility index (Phi) is 8.70. The predicted molar refractivity (Wildman–Crippen MR) is 146 cm³/mol. The number of rotatable bonds is 9. The van der Waals surface area contributed by atoms with Crippen molar-refractivity contribution >= 4 is 23.6 Å². The molecule has 0 aliphatic carbocycles. The third-order valence-corrected chi connectivity index (χ3v) is 6.90. The van der Waals surface area contributed by atoms with Crippen LogP contribution in [0.1, 0.15) is 36.9 Å². The fourth-order valence-corrected chi connectivity index (χ4v) is 4.56. The van der Waals surface area contributed by atoms with Crippen molar-refractivity contribution < 1.29 is 28.6 Å². The number of hydrogen-bond acceptors (Lipinski definition) is 6. The molecule has 1 fully saturated rings. The molecule has 1 saturated heterocycles. The van der Waals surface area contributed by atoms with Crippen molar-refractivity contribution in [2.45, 2.75) is 38.0 Å². The molecule has 1 aliphatic rings. The van der Waals surface area contributed by atoms with Gasteiger partial charge < -0.3 is 24.8 Å². The van der Waals surface area contributed by atoms with Gasteiger partial charge in [-0.15, -0.1) is 0 Å². The summed E-state index contributed by atoms with van der Waals surface area (Å²) in [4.78, 5) is 41.6. The van der Waals surface area contributed by atoms with Crippen LogP contribution < -0.4 is 20.1 Å². The molecule has 2 N–H and O–H groups in total. The number of amides is 3. The monoisotopic (exact) mass is 531 g/mol. The van der Waals surface area contributed by atoms with Crippen molar-refractivity contribution in [3.05, 3.63) is 90.0 Å². The molecule has 0 saturated carbocycles. The second kappa shape index (κ2) is 12.3. The summed E-state index contributed by atoms with van der Waals surface area (Å²) in [5.41, 5.74) is 0.784. The molecule has 3 amide bonds. The van der Waals surface area contributed by atoms with E-state index in [2.05, 4.69) is 10.6 Å². The van der Waals surface area contributed by atoms with Crippen LogP contribution in [0.5, 0.6) is 11.5 Å². The van der Waals surface area contributed by atoms with Gasteiger partial charge >= 0.3 is 6.09 Å². The summed E-state index contributed by atoms with van der Waals surface area (Å²) in [7, 11) is 3.12. The van der Waals surface area contributed by atoms with Gasteiger partial charge in [-0.25, -0.2) is 4.79 Å². The Hall–Kier alpha value is -4.53. The van der Waals surface area contributed by atoms with Crippen LogP contribution in [0.3, 0.4) is 0 Å². The average Bonchev–Trinajstić information content (AvgIpc) is 3.38. The fraction of sp³-hybridized carbons (Fsp3) is 0.300. The number of likely N-dealkylation sites (tertiary alicyclic amines) is 1. The molecule has 0 radical (unpaired) electrons. The Bertz CT molecular complexity index is 1280. The second-order valence-corrected chi connectivity index (χ2v) is 9.47. The van der Waals surface area contributed by atoms with Crippen LogP contribution in [0.2, 0.25) is 0 Å². The minimum Gasteiger partial charge on any atom is -0.497 e. The zero-order valence-electron chi connectivity index (χ0n) is 22.3. The lowest BCUT2D eigenvalue weighted by Gasteiger charge is -2.34. The van der Waals surface area contributed by atoms with E-state index in [9.17, 15) is 14.4 Å². The highest BCUT2D eigenvalue weighted by molar-refractivity contribution is 6.00. The van der Waals surface area contributed by atoms with Gasteiger partial charge in [0.15, 0.2) is 0 Å². The van der Waals surface area contributed by atoms with Gasteiger partial charge in [-0.3, -0.25) is 14.5 Å². The number of nitrogens with one attached hydrogen (secondary N) is 2. The Morgan fingerprint density at radius 1 is 0.897 bits per heavy atom. The van der Waals surface area contributed by atoms with E-state index >= 15 is 0 Å². The highest BCUT2D eigenvalue weighted by Gasteiger charge is 2.47. The maximum absolute atomic E-state index is 13.7. The topological polar surface area (TPSA) is 106 Å². The van der Waals surface area contributed by atoms with Crippen molar-refractivity contribution in [2.75, 3.05) is 26.1 Å². The van der Waals surface area contributed by atoms with Gasteiger partial charge in [0, 0.05) is 12.2 Å². The van der Waals surface area contributed by atoms with E-state index in [1.807, 2.05) is 30.3 Å². The molecule has 0 unspecified atom stereocenters. The Balaban J connectivity index is 1.52. The van der Waals surface area contributed by atoms with E-state index in [1.165, 1.54) is 4.90 Å². The molecule has 4 rings (SSSR count). The predicted octanol–water partition coefficient (Wildman–Crippen LogP) is 4.69. The quantitative estimate of drug-likeness (QED) is 0.415. The lowest BCUT2D eigenvalue weighted by Crippen LogP contribution is -2.57. The smallest absolute Gasteiger partial charge is 0.410 e. The molecular weight excluding hydrogens is 498 g/mol. The fourth-order valence-electron chi connectivity index (χ4n) is 4.56. The standard InChI is InChI=1S/C30H33N3O6/c1-30(18-7-19-33(30)29(36)39-20-21-8-5-4-6-9-21)28(35)32-26(22-10-14-24(37-2)15-11-22)27(34)31-23-12-16-25(38-3)17-13-23/h4-6,8-17,26H,7,18-20H2,1-3H3,(H,31,34)(H,32,35)/t26-,30-/m0/s1. The summed E-state index contributed by atoms with van der Waals surface area (Å²) in [5, 5.41) is 5.74. The summed E-state index contributed by atoms with van der Waals surface area (Å²) >= 11 is 0. The molecule has 204 valence electrons. The molecule has 3 aromatic carbocycles. The minimum absolute atomic E-state index is 0.104. The van der Waals surface area contributed by atoms with Crippen LogP contribution in [-0.4, -0.2) is 49.1 Å². The number of benzene rings is 3. The van der Waals surface area contributed by atoms with Crippen molar-refractivity contribution in [1.29, 1.82) is 0 Å². The number of nitrogens with zero attached hydrogens (tertiary/aromatic N) is 1. The van der Waals surface area contributed by atoms with E-state index in [1.54, 1.807) is 69.7 Å². The summed E-state index contributed by atoms with van der Waals surface area (Å²) in [6.07, 6.45) is 0.502. The van der Waals surface area contributed by atoms with Crippen LogP contribution in [0.15, 0.2) is 78.9 Å². The number of anilines is 1. The van der Waals surface area contributed by atoms with Gasteiger partial charge in [0.25, 0.3) is 5.91 Å². The zero-order valence-corrected chi connectivity index (χ0v) is 22.3. The maximum atomic E-state index is 13.7. The van der Waals surface area contributed by atoms with Gasteiger partial charge in [-0.2, -0.15) is 0 Å². The minimum atomic E-state index is -1.18. The highest BCUT2D eigenvalue weighted by atomic mass is 16.6. The van der Waals surface area contributed by atoms with Gasteiger partial charge in [-0.05, 0) is 67.3 Å². The third kappa shape index (κ3) is 6.49. The summed E-state index contributed by atoms with van der Waals surface area (Å²) in [6.45, 7) is 2.18. The first-order chi connectivity index (χ1) is 18.8. The van der Waals surface area contributed by atoms with E-state index < -0.39 is 29.5 Å². The number of carbonyl (C=O) groups excluding carboxylic acids is 3. The maximum Gasteiger partial charge on any atom is 0.410 e. The van der Waals surface area contributed by atoms with E-state index in [0.717, 1.165) is 5.56 Å². The lowest BCUT2D eigenvalue weighted by atomic mass is 9.96. The van der Waals surface area contributed by atoms with Crippen molar-refractivity contribution in [3.8, 4) is 11.5 Å². The Labute approximate surface area is 228 Å². The molecule has 9 nitrogen and oxygen atoms in total. The second-order valence-electron chi connectivity index (χ2n) is 9.47. The number of ether oxygens (including phenoxy) is 3. The number of hydrogen-bond donors (Lipinski definition) is 2. The highest BCUT2D eigenvalue weighted by Crippen LogP contribution is 2.31. The molecule has 9 heteroatoms. The normalized spacial score (nSPS) is 17.2. The zero-order chi connectivity index (χ0) is 27.8. The van der Waals surface area contributed by atoms with Gasteiger partial charge in [0.1, 0.15) is 29.7 Å². The van der Waals surface area contributed by atoms with Crippen LogP contribution >= 0.6 is 0 Å². The van der Waals surface area contributed by atoms with Gasteiger partial charge in [0.2, 0.25) is 5.91 Å². The first-order valence-electron chi connectivity index (χ1n) is 12.7. The first kappa shape index (κ1) is 27.5. The molecule has 2 atom stereocenters. The van der Waals surface area contributed by atoms with Crippen LogP contribution in [0, 0.1) is 0 Å². The average molecular weight is 532 g/mol. The van der Waals surface area contributed by atoms with Crippen molar-refractivity contribution in [3.63, 3.8) is 0 Å². The van der Waals surface area contributed by atoms with Gasteiger partial charge in [0.05, 0.1) is 14.2 Å². The number of carbonyl (C=O) groups is 3. The van der Waals surface area contributed by atoms with Crippen molar-refractivity contribution in [2.24, 2.45) is 0 Å². The summed E-state index contributed by atoms with van der Waals surface area (Å²) in [6, 6.07) is 22.1. The summed E-state index contributed by atoms with van der Waals surface area (Å²) < 4.78 is 15.9. The molecule has 1 heterocycles. The van der Waals surface area contributed by atoms with E-state index in [-0.39, 0.29) is 6.61 Å². The molecule has 39 heavy (non-hydrogen) atoms. The largest absolute Gasteiger partial charge is 0.497 e. The van der Waals surface area contributed by atoms with Crippen LogP contribution in [0.4, 0.5) is 10.5 Å². The van der Waals surface area contributed by atoms with E-state index in [0.29, 0.717) is 42.1 Å². The number of methoxy groups -OCH3 is 2. The molecule has 0 bridgehead atoms. The molecule has 3 aromatic rings. The van der Waals surface area contributed by atoms with Gasteiger partial charge in [-0.1, -0.05) is 42.5 Å².